The first kappa shape index (κ1) is 68.2. The fourth-order valence-electron chi connectivity index (χ4n) is 9.98. The van der Waals surface area contributed by atoms with Crippen LogP contribution in [-0.2, 0) is 27.9 Å². The average Bonchev–Trinajstić information content (AvgIpc) is 3.37. The van der Waals surface area contributed by atoms with Crippen LogP contribution in [0.5, 0.6) is 0 Å². The van der Waals surface area contributed by atoms with E-state index in [1.807, 2.05) is 0 Å². The van der Waals surface area contributed by atoms with Crippen molar-refractivity contribution in [1.29, 1.82) is 0 Å². The topological polar surface area (TPSA) is 306 Å². The summed E-state index contributed by atoms with van der Waals surface area (Å²) in [6, 6.07) is -1.31. The fraction of sp³-hybridized carbons (Fsp3) is 0.981. The van der Waals surface area contributed by atoms with Crippen molar-refractivity contribution >= 4 is 13.7 Å². The van der Waals surface area contributed by atoms with Crippen LogP contribution in [0.15, 0.2) is 0 Å². The lowest BCUT2D eigenvalue weighted by molar-refractivity contribution is -0.338. The minimum atomic E-state index is -5.39. The van der Waals surface area contributed by atoms with Gasteiger partial charge in [0.05, 0.1) is 25.4 Å². The van der Waals surface area contributed by atoms with E-state index in [1.54, 1.807) is 0 Å². The standard InChI is InChI=1S/C54H106NO17P/c1-3-5-7-9-11-13-15-17-19-20-21-23-25-27-29-31-33-35-37-42(58)53(66)55-40(41(57)36-34-32-30-28-26-24-22-18-16-14-12-10-8-6-4-2)39-69-73(67,68)72-52-49(64)47(62)46(61)48(63)51(52)71-54-50(65)45(60)44(59)43(38-56)70-54/h40-52,54,56-65H,3-39H2,1-2H3,(H,55,66)(H,67,68)/t40-,41+,42?,43+,44+,45?,46?,47?,48+,49?,50?,51?,52-,54+/m0/s1. The van der Waals surface area contributed by atoms with Crippen LogP contribution in [0.3, 0.4) is 0 Å². The molecule has 434 valence electrons. The summed E-state index contributed by atoms with van der Waals surface area (Å²) in [7, 11) is -5.39. The van der Waals surface area contributed by atoms with Crippen molar-refractivity contribution in [2.75, 3.05) is 13.2 Å². The first-order valence-electron chi connectivity index (χ1n) is 29.1. The van der Waals surface area contributed by atoms with Gasteiger partial charge in [0.15, 0.2) is 6.29 Å². The van der Waals surface area contributed by atoms with Crippen molar-refractivity contribution in [2.24, 2.45) is 0 Å². The Labute approximate surface area is 439 Å². The summed E-state index contributed by atoms with van der Waals surface area (Å²) in [5.41, 5.74) is 0. The highest BCUT2D eigenvalue weighted by molar-refractivity contribution is 7.47. The van der Waals surface area contributed by atoms with Crippen LogP contribution in [0, 0.1) is 0 Å². The molecule has 0 aromatic rings. The smallest absolute Gasteiger partial charge is 0.394 e. The largest absolute Gasteiger partial charge is 0.472 e. The number of rotatable bonds is 46. The molecule has 1 saturated carbocycles. The number of nitrogens with one attached hydrogen (secondary N) is 1. The second kappa shape index (κ2) is 41.2. The molecule has 0 radical (unpaired) electrons. The van der Waals surface area contributed by atoms with Gasteiger partial charge in [0.2, 0.25) is 5.91 Å². The number of amides is 1. The van der Waals surface area contributed by atoms with Crippen LogP contribution in [0.2, 0.25) is 0 Å². The van der Waals surface area contributed by atoms with Crippen LogP contribution in [0.1, 0.15) is 239 Å². The number of aliphatic hydroxyl groups excluding tert-OH is 10. The van der Waals surface area contributed by atoms with Gasteiger partial charge in [-0.1, -0.05) is 226 Å². The molecule has 2 aliphatic rings. The predicted molar refractivity (Wildman–Crippen MR) is 280 cm³/mol. The minimum absolute atomic E-state index is 0.167. The van der Waals surface area contributed by atoms with E-state index in [1.165, 1.54) is 148 Å². The van der Waals surface area contributed by atoms with Crippen molar-refractivity contribution in [3.05, 3.63) is 0 Å². The lowest BCUT2D eigenvalue weighted by Gasteiger charge is -2.47. The van der Waals surface area contributed by atoms with E-state index in [0.717, 1.165) is 51.4 Å². The van der Waals surface area contributed by atoms with Gasteiger partial charge in [0, 0.05) is 0 Å². The summed E-state index contributed by atoms with van der Waals surface area (Å²) in [5.74, 6) is -0.805. The Hall–Kier alpha value is -0.900. The highest BCUT2D eigenvalue weighted by atomic mass is 31.2. The number of carbonyl (C=O) groups is 1. The quantitative estimate of drug-likeness (QED) is 0.0215. The zero-order valence-corrected chi connectivity index (χ0v) is 46.0. The average molecular weight is 1070 g/mol. The number of carbonyl (C=O) groups excluding carboxylic acids is 1. The lowest BCUT2D eigenvalue weighted by atomic mass is 9.84. The Bertz CT molecular complexity index is 1390. The molecule has 2 rings (SSSR count). The molecule has 8 unspecified atom stereocenters. The summed E-state index contributed by atoms with van der Waals surface area (Å²) in [4.78, 5) is 24.3. The number of phosphoric acid groups is 1. The van der Waals surface area contributed by atoms with Gasteiger partial charge in [0.25, 0.3) is 0 Å². The number of hydrogen-bond acceptors (Lipinski definition) is 16. The summed E-state index contributed by atoms with van der Waals surface area (Å²) in [5, 5.41) is 108. The van der Waals surface area contributed by atoms with Gasteiger partial charge in [-0.05, 0) is 12.8 Å². The summed E-state index contributed by atoms with van der Waals surface area (Å²) >= 11 is 0. The maximum absolute atomic E-state index is 13.6. The van der Waals surface area contributed by atoms with Gasteiger partial charge < -0.3 is 70.7 Å². The van der Waals surface area contributed by atoms with E-state index in [4.69, 9.17) is 18.5 Å². The summed E-state index contributed by atoms with van der Waals surface area (Å²) in [6.07, 6.45) is 14.6. The minimum Gasteiger partial charge on any atom is -0.394 e. The molecular formula is C54H106NO17P. The molecule has 0 aromatic heterocycles. The molecule has 0 bridgehead atoms. The highest BCUT2D eigenvalue weighted by Gasteiger charge is 2.55. The summed E-state index contributed by atoms with van der Waals surface area (Å²) < 4.78 is 34.9. The van der Waals surface area contributed by atoms with Crippen LogP contribution in [0.4, 0.5) is 0 Å². The van der Waals surface area contributed by atoms with Crippen molar-refractivity contribution in [1.82, 2.24) is 5.32 Å². The molecule has 1 heterocycles. The number of hydrogen-bond donors (Lipinski definition) is 12. The number of ether oxygens (including phenoxy) is 2. The molecular weight excluding hydrogens is 966 g/mol. The van der Waals surface area contributed by atoms with E-state index in [-0.39, 0.29) is 12.8 Å². The van der Waals surface area contributed by atoms with Crippen molar-refractivity contribution in [2.45, 2.75) is 324 Å². The Morgan fingerprint density at radius 1 is 0.507 bits per heavy atom. The molecule has 2 fully saturated rings. The molecule has 19 heteroatoms. The Morgan fingerprint density at radius 3 is 1.26 bits per heavy atom. The molecule has 1 amide bonds. The second-order valence-corrected chi connectivity index (χ2v) is 22.7. The van der Waals surface area contributed by atoms with E-state index >= 15 is 0 Å². The van der Waals surface area contributed by atoms with Crippen molar-refractivity contribution in [3.8, 4) is 0 Å². The molecule has 73 heavy (non-hydrogen) atoms. The first-order valence-corrected chi connectivity index (χ1v) is 30.6. The zero-order chi connectivity index (χ0) is 53.9. The van der Waals surface area contributed by atoms with E-state index in [2.05, 4.69) is 19.2 Å². The molecule has 1 aliphatic heterocycles. The molecule has 15 atom stereocenters. The van der Waals surface area contributed by atoms with E-state index < -0.39 is 113 Å². The normalized spacial score (nSPS) is 27.7. The van der Waals surface area contributed by atoms with Crippen LogP contribution in [0.25, 0.3) is 0 Å². The van der Waals surface area contributed by atoms with Gasteiger partial charge in [-0.25, -0.2) is 4.57 Å². The molecule has 18 nitrogen and oxygen atoms in total. The molecule has 1 aliphatic carbocycles. The van der Waals surface area contributed by atoms with Crippen molar-refractivity contribution in [3.63, 3.8) is 0 Å². The number of unbranched alkanes of at least 4 members (excludes halogenated alkanes) is 31. The van der Waals surface area contributed by atoms with Gasteiger partial charge in [0.1, 0.15) is 67.1 Å². The SMILES string of the molecule is CCCCCCCCCCCCCCCCCCCCC(O)C(=O)N[C@@H](COP(=O)(O)O[C@H]1C(O)C(O)C(O)[C@@H](O)C1O[C@H]1O[C@H](CO)[C@@H](O)C(O)C1O)[C@H](O)CCCCCCCCCCCCCCCCC. The lowest BCUT2D eigenvalue weighted by Crippen LogP contribution is -2.67. The number of aliphatic hydroxyl groups is 10. The molecule has 0 aromatic carbocycles. The third-order valence-corrected chi connectivity index (χ3v) is 15.9. The third kappa shape index (κ3) is 28.5. The highest BCUT2D eigenvalue weighted by Crippen LogP contribution is 2.48. The second-order valence-electron chi connectivity index (χ2n) is 21.3. The van der Waals surface area contributed by atoms with Gasteiger partial charge in [-0.2, -0.15) is 0 Å². The monoisotopic (exact) mass is 1070 g/mol. The third-order valence-electron chi connectivity index (χ3n) is 14.9. The van der Waals surface area contributed by atoms with E-state index in [9.17, 15) is 65.3 Å². The predicted octanol–water partition coefficient (Wildman–Crippen LogP) is 7.03. The van der Waals surface area contributed by atoms with Gasteiger partial charge in [-0.3, -0.25) is 13.8 Å². The van der Waals surface area contributed by atoms with Crippen LogP contribution >= 0.6 is 7.82 Å². The number of phosphoric ester groups is 1. The Morgan fingerprint density at radius 2 is 0.863 bits per heavy atom. The Balaban J connectivity index is 1.92. The summed E-state index contributed by atoms with van der Waals surface area (Å²) in [6.45, 7) is 2.81. The molecule has 1 saturated heterocycles. The van der Waals surface area contributed by atoms with E-state index in [0.29, 0.717) is 12.8 Å². The zero-order valence-electron chi connectivity index (χ0n) is 45.1. The van der Waals surface area contributed by atoms with Crippen LogP contribution < -0.4 is 5.32 Å². The van der Waals surface area contributed by atoms with Gasteiger partial charge >= 0.3 is 7.82 Å². The maximum atomic E-state index is 13.6. The molecule has 12 N–H and O–H groups in total. The van der Waals surface area contributed by atoms with Crippen molar-refractivity contribution < 1.29 is 83.8 Å². The first-order chi connectivity index (χ1) is 35.1. The maximum Gasteiger partial charge on any atom is 0.472 e. The van der Waals surface area contributed by atoms with Crippen LogP contribution in [-0.4, -0.2) is 161 Å². The Kier molecular flexibility index (Phi) is 38.5. The molecule has 0 spiro atoms. The van der Waals surface area contributed by atoms with Gasteiger partial charge in [-0.15, -0.1) is 0 Å². The fourth-order valence-corrected chi connectivity index (χ4v) is 10.9.